The maximum atomic E-state index is 17.3. The average Bonchev–Trinajstić information content (AvgIpc) is 2.90. The van der Waals surface area contributed by atoms with E-state index in [1.165, 1.54) is 6.07 Å². The largest absolute Gasteiger partial charge is 0.484 e. The van der Waals surface area contributed by atoms with Crippen molar-refractivity contribution in [2.24, 2.45) is 10.7 Å². The second-order valence-electron chi connectivity index (χ2n) is 9.78. The van der Waals surface area contributed by atoms with Gasteiger partial charge < -0.3 is 25.7 Å². The summed E-state index contributed by atoms with van der Waals surface area (Å²) in [7, 11) is 0. The van der Waals surface area contributed by atoms with Crippen molar-refractivity contribution in [3.8, 4) is 5.75 Å². The van der Waals surface area contributed by atoms with Gasteiger partial charge in [-0.05, 0) is 42.2 Å². The third kappa shape index (κ3) is 3.74. The smallest absolute Gasteiger partial charge is 0.333 e. The molecule has 3 aromatic carbocycles. The molecule has 4 N–H and O–H groups in total. The number of nitrogens with two attached hydrogens (primary N) is 2. The van der Waals surface area contributed by atoms with Crippen molar-refractivity contribution in [1.82, 2.24) is 0 Å². The van der Waals surface area contributed by atoms with E-state index in [9.17, 15) is 0 Å². The summed E-state index contributed by atoms with van der Waals surface area (Å²) in [5.74, 6) is -3.34. The van der Waals surface area contributed by atoms with Gasteiger partial charge in [-0.15, -0.1) is 0 Å². The Bertz CT molecular complexity index is 1340. The van der Waals surface area contributed by atoms with Crippen LogP contribution in [-0.2, 0) is 15.1 Å². The van der Waals surface area contributed by atoms with Crippen molar-refractivity contribution in [2.75, 3.05) is 18.9 Å². The van der Waals surface area contributed by atoms with Crippen LogP contribution in [0.5, 0.6) is 5.75 Å². The summed E-state index contributed by atoms with van der Waals surface area (Å²) in [6.07, 6.45) is 1.04. The van der Waals surface area contributed by atoms with Crippen LogP contribution in [0.4, 0.5) is 14.5 Å². The van der Waals surface area contributed by atoms with Crippen molar-refractivity contribution in [3.63, 3.8) is 0 Å². The van der Waals surface area contributed by atoms with E-state index in [1.54, 1.807) is 60.7 Å². The van der Waals surface area contributed by atoms with Gasteiger partial charge in [0.05, 0.1) is 6.61 Å². The monoisotopic (exact) mass is 503 g/mol. The minimum Gasteiger partial charge on any atom is -0.484 e. The molecule has 3 heterocycles. The second-order valence-corrected chi connectivity index (χ2v) is 9.78. The molecule has 2 atom stereocenters. The van der Waals surface area contributed by atoms with Crippen LogP contribution in [-0.4, -0.2) is 30.8 Å². The normalized spacial score (nSPS) is 26.1. The maximum Gasteiger partial charge on any atom is 0.333 e. The maximum absolute atomic E-state index is 17.3. The lowest BCUT2D eigenvalue weighted by Crippen LogP contribution is -2.62. The van der Waals surface area contributed by atoms with E-state index in [0.717, 1.165) is 0 Å². The van der Waals surface area contributed by atoms with E-state index in [2.05, 4.69) is 4.99 Å². The van der Waals surface area contributed by atoms with Crippen LogP contribution in [0.3, 0.4) is 0 Å². The molecule has 190 valence electrons. The lowest BCUT2D eigenvalue weighted by atomic mass is 9.71. The van der Waals surface area contributed by atoms with E-state index in [0.29, 0.717) is 36.3 Å². The van der Waals surface area contributed by atoms with Gasteiger partial charge in [-0.2, -0.15) is 13.8 Å². The number of halogens is 2. The molecule has 6 nitrogen and oxygen atoms in total. The predicted octanol–water partition coefficient (Wildman–Crippen LogP) is 5.24. The number of fused-ring (bicyclic) bond motifs is 2. The summed E-state index contributed by atoms with van der Waals surface area (Å²) in [6.45, 7) is 0.712. The van der Waals surface area contributed by atoms with E-state index in [-0.39, 0.29) is 35.9 Å². The van der Waals surface area contributed by atoms with Gasteiger partial charge in [-0.25, -0.2) is 0 Å². The highest BCUT2D eigenvalue weighted by Gasteiger charge is 2.69. The summed E-state index contributed by atoms with van der Waals surface area (Å²) in [4.78, 5) is 4.17. The first-order valence-electron chi connectivity index (χ1n) is 12.3. The zero-order valence-corrected chi connectivity index (χ0v) is 20.1. The molecule has 3 aliphatic rings. The number of aliphatic imine (C=N–C) groups is 1. The molecule has 0 aliphatic carbocycles. The number of hydrogen-bond acceptors (Lipinski definition) is 6. The standard InChI is InChI=1S/C29H27F2N3O3/c30-29(31)25(24(19-8-3-1-4-9-19)20-10-5-2-6-11-20)34-26(33)37-28(29)17-27(14-7-15-35-18-27)36-23-13-12-21(32)16-22(23)28/h1-6,8-13,16H,7,14-15,17-18,32H2,(H2,33,34). The van der Waals surface area contributed by atoms with Crippen LogP contribution in [0.1, 0.15) is 36.0 Å². The number of amidine groups is 1. The minimum absolute atomic E-state index is 0.143. The Morgan fingerprint density at radius 2 is 1.54 bits per heavy atom. The number of nitrogens with zero attached hydrogens (tertiary/aromatic N) is 1. The summed E-state index contributed by atoms with van der Waals surface area (Å²) in [6, 6.07) is 22.4. The van der Waals surface area contributed by atoms with Gasteiger partial charge in [-0.1, -0.05) is 60.7 Å². The average molecular weight is 504 g/mol. The van der Waals surface area contributed by atoms with Crippen molar-refractivity contribution in [2.45, 2.75) is 36.4 Å². The van der Waals surface area contributed by atoms with Crippen molar-refractivity contribution >= 4 is 17.3 Å². The molecule has 1 fully saturated rings. The van der Waals surface area contributed by atoms with Gasteiger partial charge in [0.1, 0.15) is 17.0 Å². The van der Waals surface area contributed by atoms with Crippen molar-refractivity contribution in [1.29, 1.82) is 0 Å². The Balaban J connectivity index is 1.65. The lowest BCUT2D eigenvalue weighted by Gasteiger charge is -2.52. The number of anilines is 1. The molecule has 2 spiro atoms. The van der Waals surface area contributed by atoms with Crippen LogP contribution >= 0.6 is 0 Å². The fourth-order valence-corrected chi connectivity index (χ4v) is 5.69. The fraction of sp³-hybridized carbons (Fsp3) is 0.276. The number of rotatable bonds is 2. The summed E-state index contributed by atoms with van der Waals surface area (Å²) in [5, 5.41) is 0. The fourth-order valence-electron chi connectivity index (χ4n) is 5.69. The number of alkyl halides is 2. The predicted molar refractivity (Wildman–Crippen MR) is 137 cm³/mol. The number of nitrogen functional groups attached to an aromatic ring is 1. The molecule has 0 aromatic heterocycles. The third-order valence-electron chi connectivity index (χ3n) is 7.29. The van der Waals surface area contributed by atoms with Gasteiger partial charge in [-0.3, -0.25) is 0 Å². The van der Waals surface area contributed by atoms with Gasteiger partial charge in [0, 0.05) is 29.9 Å². The molecule has 3 aliphatic heterocycles. The van der Waals surface area contributed by atoms with Crippen molar-refractivity contribution in [3.05, 3.63) is 101 Å². The molecular formula is C29H27F2N3O3. The van der Waals surface area contributed by atoms with Gasteiger partial charge in [0.25, 0.3) is 6.02 Å². The quantitative estimate of drug-likeness (QED) is 0.467. The SMILES string of the molecule is NC1=NC(=C(c2ccccc2)c2ccccc2)C(F)(F)C2(CC3(CCCOC3)Oc3ccc(N)cc32)O1. The Morgan fingerprint density at radius 1 is 0.865 bits per heavy atom. The van der Waals surface area contributed by atoms with Crippen LogP contribution in [0.15, 0.2) is 89.6 Å². The first-order chi connectivity index (χ1) is 17.8. The van der Waals surface area contributed by atoms with Crippen LogP contribution < -0.4 is 16.2 Å². The van der Waals surface area contributed by atoms with Crippen LogP contribution in [0.25, 0.3) is 5.57 Å². The second kappa shape index (κ2) is 8.59. The molecule has 0 bridgehead atoms. The zero-order chi connectivity index (χ0) is 25.7. The van der Waals surface area contributed by atoms with E-state index in [1.807, 2.05) is 12.1 Å². The summed E-state index contributed by atoms with van der Waals surface area (Å²) < 4.78 is 52.5. The summed E-state index contributed by atoms with van der Waals surface area (Å²) >= 11 is 0. The molecule has 1 saturated heterocycles. The Kier molecular flexibility index (Phi) is 5.45. The number of hydrogen-bond donors (Lipinski definition) is 2. The third-order valence-corrected chi connectivity index (χ3v) is 7.29. The minimum atomic E-state index is -3.62. The lowest BCUT2D eigenvalue weighted by molar-refractivity contribution is -0.215. The van der Waals surface area contributed by atoms with Gasteiger partial charge in [0.2, 0.25) is 5.60 Å². The first kappa shape index (κ1) is 23.5. The molecule has 0 radical (unpaired) electrons. The Hall–Kier alpha value is -3.91. The first-order valence-corrected chi connectivity index (χ1v) is 12.3. The zero-order valence-electron chi connectivity index (χ0n) is 20.1. The number of benzene rings is 3. The van der Waals surface area contributed by atoms with E-state index >= 15 is 8.78 Å². The molecular weight excluding hydrogens is 476 g/mol. The van der Waals surface area contributed by atoms with E-state index in [4.69, 9.17) is 25.7 Å². The summed E-state index contributed by atoms with van der Waals surface area (Å²) in [5.41, 5.74) is 10.6. The number of ether oxygens (including phenoxy) is 3. The van der Waals surface area contributed by atoms with Gasteiger partial charge in [0.15, 0.2) is 0 Å². The molecule has 3 aromatic rings. The van der Waals surface area contributed by atoms with Crippen molar-refractivity contribution < 1.29 is 23.0 Å². The molecule has 0 saturated carbocycles. The highest BCUT2D eigenvalue weighted by Crippen LogP contribution is 2.60. The van der Waals surface area contributed by atoms with Crippen LogP contribution in [0, 0.1) is 0 Å². The molecule has 6 rings (SSSR count). The Labute approximate surface area is 213 Å². The van der Waals surface area contributed by atoms with Crippen LogP contribution in [0.2, 0.25) is 0 Å². The highest BCUT2D eigenvalue weighted by atomic mass is 19.3. The molecule has 0 amide bonds. The molecule has 37 heavy (non-hydrogen) atoms. The Morgan fingerprint density at radius 3 is 2.16 bits per heavy atom. The topological polar surface area (TPSA) is 92.1 Å². The van der Waals surface area contributed by atoms with Gasteiger partial charge >= 0.3 is 5.92 Å². The van der Waals surface area contributed by atoms with E-state index < -0.39 is 22.8 Å². The molecule has 2 unspecified atom stereocenters. The molecule has 8 heteroatoms. The highest BCUT2D eigenvalue weighted by molar-refractivity contribution is 5.87.